The highest BCUT2D eigenvalue weighted by atomic mass is 32.2. The van der Waals surface area contributed by atoms with Crippen molar-refractivity contribution in [3.63, 3.8) is 0 Å². The van der Waals surface area contributed by atoms with Crippen molar-refractivity contribution in [3.8, 4) is 28.8 Å². The minimum Gasteiger partial charge on any atom is -0.497 e. The fourth-order valence-electron chi connectivity index (χ4n) is 4.81. The van der Waals surface area contributed by atoms with Gasteiger partial charge in [0.1, 0.15) is 17.6 Å². The summed E-state index contributed by atoms with van der Waals surface area (Å²) in [5.74, 6) is 1.97. The lowest BCUT2D eigenvalue weighted by molar-refractivity contribution is -0.115. The molecule has 4 heterocycles. The van der Waals surface area contributed by atoms with Crippen molar-refractivity contribution < 1.29 is 19.1 Å². The number of rotatable bonds is 9. The first-order chi connectivity index (χ1) is 20.0. The Labute approximate surface area is 242 Å². The summed E-state index contributed by atoms with van der Waals surface area (Å²) in [5, 5.41) is 15.2. The average Bonchev–Trinajstić information content (AvgIpc) is 3.32. The predicted molar refractivity (Wildman–Crippen MR) is 155 cm³/mol. The van der Waals surface area contributed by atoms with E-state index in [1.807, 2.05) is 18.2 Å². The molecule has 12 heteroatoms. The van der Waals surface area contributed by atoms with Gasteiger partial charge in [0, 0.05) is 43.7 Å². The standard InChI is InChI=1S/C29H29N7O4S/c1-39-22-3-4-23(24(13-22)40-2)26-20(14-30)11-19(17-33-26)16-31-15-18-6-9-36(10-7-18)28-32-8-5-21(34-28)12-25-27(37)35-29(38)41-25/h3-5,8,11-13,17-18,31H,6-7,9-10,15-16H2,1-2H3,(H,35,37,38). The van der Waals surface area contributed by atoms with Crippen molar-refractivity contribution in [2.24, 2.45) is 5.92 Å². The lowest BCUT2D eigenvalue weighted by atomic mass is 9.97. The number of hydrogen-bond donors (Lipinski definition) is 2. The van der Waals surface area contributed by atoms with Gasteiger partial charge >= 0.3 is 0 Å². The van der Waals surface area contributed by atoms with Gasteiger partial charge in [-0.05, 0) is 73.0 Å². The van der Waals surface area contributed by atoms with Crippen molar-refractivity contribution in [3.05, 3.63) is 64.5 Å². The molecule has 2 fully saturated rings. The third-order valence-corrected chi connectivity index (χ3v) is 7.78. The molecule has 3 aromatic rings. The number of pyridine rings is 1. The Kier molecular flexibility index (Phi) is 8.76. The minimum absolute atomic E-state index is 0.330. The SMILES string of the molecule is COc1ccc(-c2ncc(CNCC3CCN(c4nccc(C=C5SC(=O)NC5=O)n4)CC3)cc2C#N)c(OC)c1. The van der Waals surface area contributed by atoms with Gasteiger partial charge in [0.15, 0.2) is 0 Å². The summed E-state index contributed by atoms with van der Waals surface area (Å²) in [5.41, 5.74) is 3.32. The van der Waals surface area contributed by atoms with Gasteiger partial charge in [-0.25, -0.2) is 9.97 Å². The van der Waals surface area contributed by atoms with E-state index >= 15 is 0 Å². The van der Waals surface area contributed by atoms with E-state index in [9.17, 15) is 14.9 Å². The van der Waals surface area contributed by atoms with Crippen LogP contribution in [-0.2, 0) is 11.3 Å². The Balaban J connectivity index is 1.14. The van der Waals surface area contributed by atoms with E-state index in [0.717, 1.165) is 55.4 Å². The first-order valence-electron chi connectivity index (χ1n) is 13.1. The molecule has 5 rings (SSSR count). The number of hydrogen-bond acceptors (Lipinski definition) is 11. The lowest BCUT2D eigenvalue weighted by Gasteiger charge is -2.32. The molecule has 2 amide bonds. The van der Waals surface area contributed by atoms with Crippen LogP contribution < -0.4 is 25.0 Å². The van der Waals surface area contributed by atoms with Gasteiger partial charge in [-0.3, -0.25) is 19.9 Å². The zero-order chi connectivity index (χ0) is 28.8. The maximum atomic E-state index is 11.8. The van der Waals surface area contributed by atoms with Gasteiger partial charge in [-0.1, -0.05) is 0 Å². The Morgan fingerprint density at radius 1 is 1.17 bits per heavy atom. The highest BCUT2D eigenvalue weighted by Crippen LogP contribution is 2.34. The number of anilines is 1. The minimum atomic E-state index is -0.401. The van der Waals surface area contributed by atoms with Crippen LogP contribution in [0.4, 0.5) is 10.7 Å². The summed E-state index contributed by atoms with van der Waals surface area (Å²) < 4.78 is 10.8. The van der Waals surface area contributed by atoms with Crippen LogP contribution in [0.15, 0.2) is 47.6 Å². The molecular formula is C29H29N7O4S. The molecule has 0 saturated carbocycles. The molecular weight excluding hydrogens is 542 g/mol. The number of methoxy groups -OCH3 is 2. The highest BCUT2D eigenvalue weighted by molar-refractivity contribution is 8.18. The van der Waals surface area contributed by atoms with Crippen molar-refractivity contribution in [2.45, 2.75) is 19.4 Å². The molecule has 2 aromatic heterocycles. The maximum Gasteiger partial charge on any atom is 0.290 e. The Morgan fingerprint density at radius 2 is 2.00 bits per heavy atom. The predicted octanol–water partition coefficient (Wildman–Crippen LogP) is 3.76. The number of nitriles is 1. The number of nitrogens with one attached hydrogen (secondary N) is 2. The largest absolute Gasteiger partial charge is 0.497 e. The lowest BCUT2D eigenvalue weighted by Crippen LogP contribution is -2.38. The molecule has 0 aliphatic carbocycles. The first kappa shape index (κ1) is 28.1. The Hall–Kier alpha value is -4.47. The number of carbonyl (C=O) groups is 2. The third-order valence-electron chi connectivity index (χ3n) is 6.97. The van der Waals surface area contributed by atoms with Gasteiger partial charge < -0.3 is 19.7 Å². The first-order valence-corrected chi connectivity index (χ1v) is 13.9. The second-order valence-corrected chi connectivity index (χ2v) is 10.6. The van der Waals surface area contributed by atoms with Crippen LogP contribution in [-0.4, -0.2) is 60.0 Å². The molecule has 2 aliphatic rings. The van der Waals surface area contributed by atoms with Crippen molar-refractivity contribution in [1.29, 1.82) is 5.26 Å². The van der Waals surface area contributed by atoms with Gasteiger partial charge in [0.05, 0.1) is 36.1 Å². The van der Waals surface area contributed by atoms with E-state index in [4.69, 9.17) is 9.47 Å². The summed E-state index contributed by atoms with van der Waals surface area (Å²) in [7, 11) is 3.17. The monoisotopic (exact) mass is 571 g/mol. The summed E-state index contributed by atoms with van der Waals surface area (Å²) in [6.07, 6.45) is 7.03. The van der Waals surface area contributed by atoms with Crippen molar-refractivity contribution >= 4 is 34.9 Å². The van der Waals surface area contributed by atoms with E-state index in [1.165, 1.54) is 0 Å². The molecule has 0 unspecified atom stereocenters. The van der Waals surface area contributed by atoms with Crippen LogP contribution in [0.2, 0.25) is 0 Å². The molecule has 41 heavy (non-hydrogen) atoms. The van der Waals surface area contributed by atoms with Crippen LogP contribution in [0.25, 0.3) is 17.3 Å². The van der Waals surface area contributed by atoms with Gasteiger partial charge in [-0.2, -0.15) is 5.26 Å². The van der Waals surface area contributed by atoms with Crippen LogP contribution in [0.3, 0.4) is 0 Å². The number of thioether (sulfide) groups is 1. The number of benzene rings is 1. The fourth-order valence-corrected chi connectivity index (χ4v) is 5.47. The number of amides is 2. The number of aromatic nitrogens is 3. The molecule has 0 bridgehead atoms. The fraction of sp³-hybridized carbons (Fsp3) is 0.310. The zero-order valence-corrected chi connectivity index (χ0v) is 23.5. The van der Waals surface area contributed by atoms with Crippen LogP contribution in [0, 0.1) is 17.2 Å². The quantitative estimate of drug-likeness (QED) is 0.363. The Morgan fingerprint density at radius 3 is 2.71 bits per heavy atom. The molecule has 11 nitrogen and oxygen atoms in total. The van der Waals surface area contributed by atoms with Gasteiger partial charge in [0.2, 0.25) is 5.95 Å². The third kappa shape index (κ3) is 6.65. The van der Waals surface area contributed by atoms with Gasteiger partial charge in [0.25, 0.3) is 11.1 Å². The Bertz CT molecular complexity index is 1530. The summed E-state index contributed by atoms with van der Waals surface area (Å²) >= 11 is 0.872. The van der Waals surface area contributed by atoms with Crippen molar-refractivity contribution in [2.75, 3.05) is 38.8 Å². The van der Waals surface area contributed by atoms with E-state index in [-0.39, 0.29) is 5.24 Å². The molecule has 2 aliphatic heterocycles. The number of piperidine rings is 1. The summed E-state index contributed by atoms with van der Waals surface area (Å²) in [6.45, 7) is 3.09. The number of imide groups is 1. The second kappa shape index (κ2) is 12.8. The molecule has 0 radical (unpaired) electrons. The number of ether oxygens (including phenoxy) is 2. The average molecular weight is 572 g/mol. The molecule has 1 aromatic carbocycles. The van der Waals surface area contributed by atoms with E-state index < -0.39 is 5.91 Å². The molecule has 0 spiro atoms. The highest BCUT2D eigenvalue weighted by Gasteiger charge is 2.26. The van der Waals surface area contributed by atoms with Crippen LogP contribution >= 0.6 is 11.8 Å². The normalized spacial score (nSPS) is 16.5. The van der Waals surface area contributed by atoms with Crippen molar-refractivity contribution in [1.82, 2.24) is 25.6 Å². The molecule has 210 valence electrons. The topological polar surface area (TPSA) is 142 Å². The van der Waals surface area contributed by atoms with E-state index in [2.05, 4.69) is 36.6 Å². The number of carbonyl (C=O) groups excluding carboxylic acids is 2. The number of nitrogens with zero attached hydrogens (tertiary/aromatic N) is 5. The summed E-state index contributed by atoms with van der Waals surface area (Å²) in [4.78, 5) is 39.3. The molecule has 0 atom stereocenters. The van der Waals surface area contributed by atoms with Crippen LogP contribution in [0.1, 0.15) is 29.7 Å². The van der Waals surface area contributed by atoms with Gasteiger partial charge in [-0.15, -0.1) is 0 Å². The maximum absolute atomic E-state index is 11.8. The van der Waals surface area contributed by atoms with Crippen LogP contribution in [0.5, 0.6) is 11.5 Å². The smallest absolute Gasteiger partial charge is 0.290 e. The van der Waals surface area contributed by atoms with E-state index in [0.29, 0.717) is 51.8 Å². The second-order valence-electron chi connectivity index (χ2n) is 9.61. The zero-order valence-electron chi connectivity index (χ0n) is 22.7. The van der Waals surface area contributed by atoms with E-state index in [1.54, 1.807) is 44.8 Å². The molecule has 2 N–H and O–H groups in total. The summed E-state index contributed by atoms with van der Waals surface area (Å²) in [6, 6.07) is 11.3. The molecule has 2 saturated heterocycles.